The molecule has 2 N–H and O–H groups in total. The van der Waals surface area contributed by atoms with Gasteiger partial charge in [0.15, 0.2) is 5.13 Å². The van der Waals surface area contributed by atoms with Crippen LogP contribution in [0.2, 0.25) is 0 Å². The van der Waals surface area contributed by atoms with E-state index in [1.807, 2.05) is 13.8 Å². The van der Waals surface area contributed by atoms with E-state index in [0.717, 1.165) is 23.8 Å². The molecule has 2 aromatic rings. The minimum Gasteiger partial charge on any atom is -0.359 e. The molecule has 0 aliphatic carbocycles. The zero-order valence-electron chi connectivity index (χ0n) is 16.7. The summed E-state index contributed by atoms with van der Waals surface area (Å²) in [7, 11) is -3.26. The Morgan fingerprint density at radius 3 is 2.43 bits per heavy atom. The number of alkyl halides is 3. The van der Waals surface area contributed by atoms with Gasteiger partial charge in [-0.15, -0.1) is 0 Å². The minimum atomic E-state index is -4.61. The van der Waals surface area contributed by atoms with Crippen LogP contribution in [0.4, 0.5) is 24.3 Å². The molecule has 1 aliphatic heterocycles. The Labute approximate surface area is 177 Å². The summed E-state index contributed by atoms with van der Waals surface area (Å²) in [6, 6.07) is -0.0428. The first kappa shape index (κ1) is 22.7. The maximum Gasteiger partial charge on any atom is 0.420 e. The molecule has 0 bridgehead atoms. The zero-order chi connectivity index (χ0) is 22.1. The topological polar surface area (TPSA) is 100 Å². The highest BCUT2D eigenvalue weighted by atomic mass is 32.2. The van der Waals surface area contributed by atoms with Crippen molar-refractivity contribution < 1.29 is 21.6 Å². The minimum absolute atomic E-state index is 0.0718. The summed E-state index contributed by atoms with van der Waals surface area (Å²) in [4.78, 5) is 12.4. The van der Waals surface area contributed by atoms with E-state index in [4.69, 9.17) is 0 Å². The van der Waals surface area contributed by atoms with Crippen molar-refractivity contribution in [1.82, 2.24) is 19.3 Å². The van der Waals surface area contributed by atoms with Gasteiger partial charge < -0.3 is 10.6 Å². The van der Waals surface area contributed by atoms with Gasteiger partial charge in [-0.2, -0.15) is 13.2 Å². The summed E-state index contributed by atoms with van der Waals surface area (Å²) < 4.78 is 65.1. The van der Waals surface area contributed by atoms with Crippen LogP contribution in [-0.4, -0.2) is 59.1 Å². The van der Waals surface area contributed by atoms with Gasteiger partial charge >= 0.3 is 6.18 Å². The molecule has 8 nitrogen and oxygen atoms in total. The second-order valence-electron chi connectivity index (χ2n) is 7.36. The highest BCUT2D eigenvalue weighted by Crippen LogP contribution is 2.39. The fourth-order valence-electron chi connectivity index (χ4n) is 3.06. The average Bonchev–Trinajstić information content (AvgIpc) is 3.08. The van der Waals surface area contributed by atoms with Gasteiger partial charge in [-0.1, -0.05) is 11.3 Å². The molecule has 0 radical (unpaired) electrons. The number of sulfonamides is 1. The fraction of sp³-hybridized carbons (Fsp3) is 0.588. The Bertz CT molecular complexity index is 986. The fourth-order valence-corrected chi connectivity index (χ4v) is 4.90. The first-order chi connectivity index (χ1) is 13.9. The van der Waals surface area contributed by atoms with Crippen molar-refractivity contribution in [2.24, 2.45) is 0 Å². The van der Waals surface area contributed by atoms with Gasteiger partial charge in [-0.25, -0.2) is 27.7 Å². The summed E-state index contributed by atoms with van der Waals surface area (Å²) >= 11 is 1.09. The van der Waals surface area contributed by atoms with Gasteiger partial charge in [0.05, 0.1) is 16.8 Å². The Morgan fingerprint density at radius 1 is 1.20 bits per heavy atom. The lowest BCUT2D eigenvalue weighted by Gasteiger charge is -2.30. The molecule has 1 saturated heterocycles. The molecule has 1 fully saturated rings. The molecular weight excluding hydrogens is 441 g/mol. The number of halogens is 3. The third-order valence-electron chi connectivity index (χ3n) is 4.50. The normalized spacial score (nSPS) is 16.8. The SMILES string of the molecule is CC(C)Nc1ncc(-c2nc(NC3CCN(S(C)(=O)=O)CC3)ncc2C(F)(F)F)s1. The predicted octanol–water partition coefficient (Wildman–Crippen LogP) is 3.28. The third kappa shape index (κ3) is 5.58. The van der Waals surface area contributed by atoms with Crippen LogP contribution in [0.5, 0.6) is 0 Å². The maximum atomic E-state index is 13.5. The van der Waals surface area contributed by atoms with Crippen LogP contribution in [-0.2, 0) is 16.2 Å². The van der Waals surface area contributed by atoms with Gasteiger partial charge in [0.2, 0.25) is 16.0 Å². The van der Waals surface area contributed by atoms with Crippen molar-refractivity contribution in [3.05, 3.63) is 18.0 Å². The molecule has 30 heavy (non-hydrogen) atoms. The van der Waals surface area contributed by atoms with Crippen molar-refractivity contribution in [3.8, 4) is 10.6 Å². The van der Waals surface area contributed by atoms with E-state index in [2.05, 4.69) is 25.6 Å². The number of hydrogen-bond acceptors (Lipinski definition) is 8. The number of hydrogen-bond donors (Lipinski definition) is 2. The van der Waals surface area contributed by atoms with Crippen molar-refractivity contribution in [2.45, 2.75) is 44.9 Å². The van der Waals surface area contributed by atoms with E-state index in [1.54, 1.807) is 0 Å². The lowest BCUT2D eigenvalue weighted by Crippen LogP contribution is -2.42. The van der Waals surface area contributed by atoms with Crippen molar-refractivity contribution in [1.29, 1.82) is 0 Å². The van der Waals surface area contributed by atoms with E-state index in [0.29, 0.717) is 31.1 Å². The number of aromatic nitrogens is 3. The van der Waals surface area contributed by atoms with Gasteiger partial charge in [-0.3, -0.25) is 0 Å². The number of anilines is 2. The lowest BCUT2D eigenvalue weighted by molar-refractivity contribution is -0.137. The van der Waals surface area contributed by atoms with Gasteiger partial charge in [0.1, 0.15) is 5.56 Å². The largest absolute Gasteiger partial charge is 0.420 e. The Kier molecular flexibility index (Phi) is 6.53. The van der Waals surface area contributed by atoms with Crippen molar-refractivity contribution in [2.75, 3.05) is 30.0 Å². The first-order valence-electron chi connectivity index (χ1n) is 9.32. The van der Waals surface area contributed by atoms with E-state index in [9.17, 15) is 21.6 Å². The van der Waals surface area contributed by atoms with E-state index >= 15 is 0 Å². The highest BCUT2D eigenvalue weighted by molar-refractivity contribution is 7.88. The average molecular weight is 465 g/mol. The third-order valence-corrected chi connectivity index (χ3v) is 6.74. The number of piperidine rings is 1. The molecule has 0 unspecified atom stereocenters. The summed E-state index contributed by atoms with van der Waals surface area (Å²) in [6.45, 7) is 4.49. The van der Waals surface area contributed by atoms with Crippen molar-refractivity contribution in [3.63, 3.8) is 0 Å². The van der Waals surface area contributed by atoms with Crippen molar-refractivity contribution >= 4 is 32.4 Å². The summed E-state index contributed by atoms with van der Waals surface area (Å²) in [5.41, 5.74) is -1.16. The predicted molar refractivity (Wildman–Crippen MR) is 110 cm³/mol. The van der Waals surface area contributed by atoms with E-state index in [1.165, 1.54) is 10.5 Å². The molecule has 0 saturated carbocycles. The summed E-state index contributed by atoms with van der Waals surface area (Å²) in [5.74, 6) is 0.0718. The van der Waals surface area contributed by atoms with Crippen LogP contribution in [0.1, 0.15) is 32.3 Å². The molecule has 3 rings (SSSR count). The molecule has 3 heterocycles. The van der Waals surface area contributed by atoms with Gasteiger partial charge in [0.25, 0.3) is 0 Å². The number of rotatable bonds is 6. The van der Waals surface area contributed by atoms with Crippen LogP contribution in [0.3, 0.4) is 0 Å². The molecular formula is C17H23F3N6O2S2. The number of thiazole rings is 1. The smallest absolute Gasteiger partial charge is 0.359 e. The second kappa shape index (κ2) is 8.63. The molecule has 1 aliphatic rings. The molecule has 0 amide bonds. The van der Waals surface area contributed by atoms with E-state index < -0.39 is 21.8 Å². The van der Waals surface area contributed by atoms with Gasteiger partial charge in [-0.05, 0) is 26.7 Å². The van der Waals surface area contributed by atoms with Crippen LogP contribution in [0, 0.1) is 0 Å². The second-order valence-corrected chi connectivity index (χ2v) is 10.4. The van der Waals surface area contributed by atoms with Crippen LogP contribution >= 0.6 is 11.3 Å². The molecule has 13 heteroatoms. The van der Waals surface area contributed by atoms with E-state index in [-0.39, 0.29) is 28.6 Å². The lowest BCUT2D eigenvalue weighted by atomic mass is 10.1. The number of nitrogens with zero attached hydrogens (tertiary/aromatic N) is 4. The van der Waals surface area contributed by atoms with Crippen LogP contribution < -0.4 is 10.6 Å². The molecule has 0 spiro atoms. The monoisotopic (exact) mass is 464 g/mol. The van der Waals surface area contributed by atoms with Crippen LogP contribution in [0.15, 0.2) is 12.4 Å². The standard InChI is InChI=1S/C17H23F3N6O2S2/c1-10(2)23-16-22-9-13(29-16)14-12(17(18,19)20)8-21-15(25-14)24-11-4-6-26(7-5-11)30(3,27)28/h8-11H,4-7H2,1-3H3,(H,22,23)(H,21,24,25). The zero-order valence-corrected chi connectivity index (χ0v) is 18.3. The summed E-state index contributed by atoms with van der Waals surface area (Å²) in [5, 5.41) is 6.61. The molecule has 0 atom stereocenters. The summed E-state index contributed by atoms with van der Waals surface area (Å²) in [6.07, 6.45) is -0.299. The van der Waals surface area contributed by atoms with Gasteiger partial charge in [0, 0.05) is 37.6 Å². The quantitative estimate of drug-likeness (QED) is 0.677. The Morgan fingerprint density at radius 2 is 1.87 bits per heavy atom. The first-order valence-corrected chi connectivity index (χ1v) is 12.0. The molecule has 0 aromatic carbocycles. The molecule has 166 valence electrons. The Balaban J connectivity index is 1.82. The number of nitrogens with one attached hydrogen (secondary N) is 2. The van der Waals surface area contributed by atoms with Crippen LogP contribution in [0.25, 0.3) is 10.6 Å². The molecule has 2 aromatic heterocycles. The highest BCUT2D eigenvalue weighted by Gasteiger charge is 2.36. The maximum absolute atomic E-state index is 13.5. The Hall–Kier alpha value is -1.99.